The topological polar surface area (TPSA) is 94.6 Å². The molecule has 1 fully saturated rings. The molecule has 0 radical (unpaired) electrons. The summed E-state index contributed by atoms with van der Waals surface area (Å²) in [6.45, 7) is 1.78. The molecule has 0 aliphatic heterocycles. The Labute approximate surface area is 135 Å². The number of hydrogen-bond acceptors (Lipinski definition) is 6. The third-order valence-corrected chi connectivity index (χ3v) is 5.44. The number of ether oxygens (including phenoxy) is 1. The largest absolute Gasteiger partial charge is 0.440 e. The van der Waals surface area contributed by atoms with E-state index in [2.05, 4.69) is 9.88 Å². The summed E-state index contributed by atoms with van der Waals surface area (Å²) >= 11 is 0. The fourth-order valence-electron chi connectivity index (χ4n) is 2.77. The Morgan fingerprint density at radius 3 is 2.57 bits per heavy atom. The number of nitrogens with one attached hydrogen (secondary N) is 1. The number of furan rings is 1. The maximum Gasteiger partial charge on any atom is 0.274 e. The predicted molar refractivity (Wildman–Crippen MR) is 82.3 cm³/mol. The van der Waals surface area contributed by atoms with Gasteiger partial charge in [-0.3, -0.25) is 0 Å². The van der Waals surface area contributed by atoms with Gasteiger partial charge in [0.2, 0.25) is 10.9 Å². The van der Waals surface area contributed by atoms with E-state index in [1.165, 1.54) is 6.07 Å². The summed E-state index contributed by atoms with van der Waals surface area (Å²) in [5.74, 6) is 0.749. The average molecular weight is 340 g/mol. The Kier molecular flexibility index (Phi) is 4.56. The van der Waals surface area contributed by atoms with Crippen molar-refractivity contribution in [1.29, 1.82) is 0 Å². The molecule has 126 valence electrons. The molecule has 0 spiro atoms. The summed E-state index contributed by atoms with van der Waals surface area (Å²) in [5.41, 5.74) is 0.703. The van der Waals surface area contributed by atoms with Crippen LogP contribution in [0.4, 0.5) is 0 Å². The van der Waals surface area contributed by atoms with Gasteiger partial charge >= 0.3 is 0 Å². The van der Waals surface area contributed by atoms with Crippen molar-refractivity contribution in [3.63, 3.8) is 0 Å². The Bertz CT molecular complexity index is 756. The van der Waals surface area contributed by atoms with Crippen molar-refractivity contribution >= 4 is 10.0 Å². The van der Waals surface area contributed by atoms with Gasteiger partial charge in [-0.15, -0.1) is 0 Å². The van der Waals surface area contributed by atoms with E-state index in [1.54, 1.807) is 26.2 Å². The lowest BCUT2D eigenvalue weighted by Gasteiger charge is -2.27. The molecule has 1 saturated carbocycles. The van der Waals surface area contributed by atoms with Crippen LogP contribution in [-0.4, -0.2) is 32.8 Å². The maximum absolute atomic E-state index is 12.4. The van der Waals surface area contributed by atoms with E-state index in [0.717, 1.165) is 25.7 Å². The minimum Gasteiger partial charge on any atom is -0.440 e. The lowest BCUT2D eigenvalue weighted by molar-refractivity contribution is 0.0648. The molecule has 2 aromatic rings. The molecule has 2 heterocycles. The van der Waals surface area contributed by atoms with Crippen molar-refractivity contribution < 1.29 is 22.1 Å². The molecule has 7 nitrogen and oxygen atoms in total. The molecular weight excluding hydrogens is 320 g/mol. The van der Waals surface area contributed by atoms with Crippen LogP contribution < -0.4 is 4.72 Å². The summed E-state index contributed by atoms with van der Waals surface area (Å²) in [5, 5.41) is 3.65. The molecule has 1 aliphatic rings. The highest BCUT2D eigenvalue weighted by Crippen LogP contribution is 2.26. The first-order valence-electron chi connectivity index (χ1n) is 7.56. The summed E-state index contributed by atoms with van der Waals surface area (Å²) in [6, 6.07) is 4.59. The van der Waals surface area contributed by atoms with E-state index < -0.39 is 10.0 Å². The van der Waals surface area contributed by atoms with Crippen molar-refractivity contribution in [3.05, 3.63) is 23.9 Å². The fourth-order valence-corrected chi connectivity index (χ4v) is 4.01. The highest BCUT2D eigenvalue weighted by Gasteiger charge is 2.27. The van der Waals surface area contributed by atoms with Crippen LogP contribution in [-0.2, 0) is 14.8 Å². The normalized spacial score (nSPS) is 22.3. The quantitative estimate of drug-likeness (QED) is 0.898. The van der Waals surface area contributed by atoms with E-state index in [0.29, 0.717) is 17.2 Å². The molecule has 0 amide bonds. The zero-order chi connectivity index (χ0) is 16.4. The molecule has 0 atom stereocenters. The Morgan fingerprint density at radius 2 is 1.96 bits per heavy atom. The Morgan fingerprint density at radius 1 is 1.22 bits per heavy atom. The maximum atomic E-state index is 12.4. The molecule has 0 unspecified atom stereocenters. The minimum atomic E-state index is -3.68. The Hall–Kier alpha value is -1.64. The van der Waals surface area contributed by atoms with Gasteiger partial charge in [-0.05, 0) is 44.7 Å². The summed E-state index contributed by atoms with van der Waals surface area (Å²) in [6.07, 6.45) is 3.44. The third-order valence-electron chi connectivity index (χ3n) is 4.05. The molecule has 0 saturated heterocycles. The van der Waals surface area contributed by atoms with Gasteiger partial charge in [0.15, 0.2) is 5.76 Å². The summed E-state index contributed by atoms with van der Waals surface area (Å²) in [7, 11) is -2.00. The van der Waals surface area contributed by atoms with Gasteiger partial charge < -0.3 is 13.7 Å². The van der Waals surface area contributed by atoms with E-state index in [1.807, 2.05) is 0 Å². The van der Waals surface area contributed by atoms with E-state index in [9.17, 15) is 8.42 Å². The first kappa shape index (κ1) is 16.2. The second-order valence-corrected chi connectivity index (χ2v) is 7.43. The first-order chi connectivity index (χ1) is 11.0. The van der Waals surface area contributed by atoms with E-state index in [4.69, 9.17) is 13.7 Å². The lowest BCUT2D eigenvalue weighted by atomic mass is 9.94. The number of aromatic nitrogens is 1. The average Bonchev–Trinajstić information content (AvgIpc) is 3.16. The molecular formula is C15H20N2O5S. The molecule has 1 aliphatic carbocycles. The number of rotatable bonds is 5. The van der Waals surface area contributed by atoms with Crippen LogP contribution in [0.1, 0.15) is 31.4 Å². The van der Waals surface area contributed by atoms with Crippen molar-refractivity contribution in [2.75, 3.05) is 7.11 Å². The van der Waals surface area contributed by atoms with Crippen molar-refractivity contribution in [2.45, 2.75) is 49.8 Å². The van der Waals surface area contributed by atoms with E-state index >= 15 is 0 Å². The van der Waals surface area contributed by atoms with Crippen molar-refractivity contribution in [1.82, 2.24) is 9.88 Å². The van der Waals surface area contributed by atoms with Gasteiger partial charge in [-0.25, -0.2) is 13.1 Å². The van der Waals surface area contributed by atoms with Crippen LogP contribution in [0.3, 0.4) is 0 Å². The zero-order valence-corrected chi connectivity index (χ0v) is 13.9. The second-order valence-electron chi connectivity index (χ2n) is 5.78. The first-order valence-corrected chi connectivity index (χ1v) is 9.05. The van der Waals surface area contributed by atoms with Crippen LogP contribution in [0.2, 0.25) is 0 Å². The molecule has 23 heavy (non-hydrogen) atoms. The molecule has 0 bridgehead atoms. The third kappa shape index (κ3) is 3.65. The number of nitrogens with zero attached hydrogens (tertiary/aromatic N) is 1. The van der Waals surface area contributed by atoms with Gasteiger partial charge in [-0.1, -0.05) is 5.16 Å². The Balaban J connectivity index is 1.69. The summed E-state index contributed by atoms with van der Waals surface area (Å²) in [4.78, 5) is 0. The molecule has 1 N–H and O–H groups in total. The monoisotopic (exact) mass is 340 g/mol. The number of methoxy groups -OCH3 is 1. The van der Waals surface area contributed by atoms with Crippen LogP contribution in [0.15, 0.2) is 32.2 Å². The predicted octanol–water partition coefficient (Wildman–Crippen LogP) is 2.48. The number of aryl methyl sites for hydroxylation is 1. The zero-order valence-electron chi connectivity index (χ0n) is 13.1. The molecule has 0 aromatic carbocycles. The highest BCUT2D eigenvalue weighted by molar-refractivity contribution is 7.89. The van der Waals surface area contributed by atoms with Gasteiger partial charge in [0.25, 0.3) is 10.0 Å². The molecule has 3 rings (SSSR count). The van der Waals surface area contributed by atoms with Crippen LogP contribution in [0, 0.1) is 6.92 Å². The van der Waals surface area contributed by atoms with Gasteiger partial charge in [0.05, 0.1) is 11.8 Å². The summed E-state index contributed by atoms with van der Waals surface area (Å²) < 4.78 is 43.3. The van der Waals surface area contributed by atoms with E-state index in [-0.39, 0.29) is 17.2 Å². The fraction of sp³-hybridized carbons (Fsp3) is 0.533. The SMILES string of the molecule is COC1CCC(NS(=O)(=O)c2ccc(-c3cc(C)no3)o2)CC1. The van der Waals surface area contributed by atoms with Gasteiger partial charge in [0.1, 0.15) is 0 Å². The van der Waals surface area contributed by atoms with Crippen LogP contribution >= 0.6 is 0 Å². The standard InChI is InChI=1S/C15H20N2O5S/c1-10-9-14(22-16-10)13-7-8-15(21-13)23(18,19)17-11-3-5-12(20-2)6-4-11/h7-9,11-12,17H,3-6H2,1-2H3. The smallest absolute Gasteiger partial charge is 0.274 e. The second kappa shape index (κ2) is 6.46. The molecule has 2 aromatic heterocycles. The van der Waals surface area contributed by atoms with Crippen LogP contribution in [0.5, 0.6) is 0 Å². The van der Waals surface area contributed by atoms with Gasteiger partial charge in [-0.2, -0.15) is 0 Å². The lowest BCUT2D eigenvalue weighted by Crippen LogP contribution is -2.38. The van der Waals surface area contributed by atoms with Gasteiger partial charge in [0, 0.05) is 19.2 Å². The van der Waals surface area contributed by atoms with Crippen molar-refractivity contribution in [2.24, 2.45) is 0 Å². The number of hydrogen-bond donors (Lipinski definition) is 1. The van der Waals surface area contributed by atoms with Crippen LogP contribution in [0.25, 0.3) is 11.5 Å². The molecule has 8 heteroatoms. The highest BCUT2D eigenvalue weighted by atomic mass is 32.2. The minimum absolute atomic E-state index is 0.0903. The number of sulfonamides is 1. The van der Waals surface area contributed by atoms with Crippen molar-refractivity contribution in [3.8, 4) is 11.5 Å².